The van der Waals surface area contributed by atoms with Gasteiger partial charge in [-0.1, -0.05) is 36.3 Å². The second-order valence-electron chi connectivity index (χ2n) is 9.85. The maximum absolute atomic E-state index is 14.0. The molecule has 2 aliphatic heterocycles. The van der Waals surface area contributed by atoms with Crippen LogP contribution in [-0.2, 0) is 17.8 Å². The number of aromatic nitrogens is 1. The molecular formula is C29H31FN4O2. The highest BCUT2D eigenvalue weighted by atomic mass is 19.1. The fraction of sp³-hybridized carbons (Fsp3) is 0.379. The van der Waals surface area contributed by atoms with Gasteiger partial charge in [0.25, 0.3) is 5.91 Å². The number of piperidine rings is 1. The number of nitrogens with zero attached hydrogens (tertiary/aromatic N) is 2. The minimum Gasteiger partial charge on any atom is -0.358 e. The van der Waals surface area contributed by atoms with Gasteiger partial charge in [0.15, 0.2) is 0 Å². The standard InChI is InChI=1S/C29H31FN4O2/c1-3-4-14-34-27(35)29(32-28(34)36,18-21-8-7-9-23(30)17-21)22-12-15-33(16-13-22)19-25-20(2)31-26-11-6-5-10-24(25)26/h5-11,17,22,31H,12-16,18-19H2,1-2H3,(H,32,36). The van der Waals surface area contributed by atoms with Gasteiger partial charge < -0.3 is 10.3 Å². The van der Waals surface area contributed by atoms with E-state index in [0.29, 0.717) is 5.56 Å². The molecule has 3 aromatic rings. The van der Waals surface area contributed by atoms with Crippen molar-refractivity contribution in [1.29, 1.82) is 0 Å². The number of carbonyl (C=O) groups excluding carboxylic acids is 2. The smallest absolute Gasteiger partial charge is 0.325 e. The lowest BCUT2D eigenvalue weighted by Crippen LogP contribution is -2.57. The van der Waals surface area contributed by atoms with Crippen molar-refractivity contribution >= 4 is 22.8 Å². The van der Waals surface area contributed by atoms with Gasteiger partial charge in [0.1, 0.15) is 11.4 Å². The summed E-state index contributed by atoms with van der Waals surface area (Å²) in [5.74, 6) is 4.93. The van der Waals surface area contributed by atoms with E-state index < -0.39 is 11.6 Å². The molecule has 1 atom stereocenters. The predicted molar refractivity (Wildman–Crippen MR) is 138 cm³/mol. The number of benzene rings is 2. The number of urea groups is 1. The van der Waals surface area contributed by atoms with Crippen LogP contribution in [0.4, 0.5) is 9.18 Å². The first-order chi connectivity index (χ1) is 17.4. The first kappa shape index (κ1) is 24.1. The Hall–Kier alpha value is -3.63. The number of hydrogen-bond acceptors (Lipinski definition) is 3. The third kappa shape index (κ3) is 4.38. The molecule has 0 bridgehead atoms. The van der Waals surface area contributed by atoms with Crippen molar-refractivity contribution in [2.75, 3.05) is 19.6 Å². The molecule has 0 radical (unpaired) electrons. The number of carbonyl (C=O) groups is 2. The van der Waals surface area contributed by atoms with Crippen LogP contribution in [0.1, 0.15) is 36.6 Å². The minimum atomic E-state index is -1.09. The molecule has 1 unspecified atom stereocenters. The van der Waals surface area contributed by atoms with Crippen LogP contribution in [-0.4, -0.2) is 51.9 Å². The lowest BCUT2D eigenvalue weighted by Gasteiger charge is -2.41. The van der Waals surface area contributed by atoms with Crippen LogP contribution in [0.5, 0.6) is 0 Å². The van der Waals surface area contributed by atoms with Crippen molar-refractivity contribution in [1.82, 2.24) is 20.1 Å². The van der Waals surface area contributed by atoms with Gasteiger partial charge in [-0.3, -0.25) is 14.6 Å². The molecule has 2 saturated heterocycles. The SMILES string of the molecule is CC#CCN1C(=O)NC(Cc2cccc(F)c2)(C2CCN(Cc3c(C)[nH]c4ccccc34)CC2)C1=O. The fourth-order valence-electron chi connectivity index (χ4n) is 5.80. The Labute approximate surface area is 210 Å². The van der Waals surface area contributed by atoms with Gasteiger partial charge in [-0.25, -0.2) is 9.18 Å². The second-order valence-corrected chi connectivity index (χ2v) is 9.85. The molecule has 2 fully saturated rings. The van der Waals surface area contributed by atoms with E-state index in [1.54, 1.807) is 13.0 Å². The zero-order valence-corrected chi connectivity index (χ0v) is 20.7. The highest BCUT2D eigenvalue weighted by molar-refractivity contribution is 6.07. The molecule has 2 aliphatic rings. The molecular weight excluding hydrogens is 455 g/mol. The van der Waals surface area contributed by atoms with E-state index in [4.69, 9.17) is 0 Å². The van der Waals surface area contributed by atoms with Gasteiger partial charge in [0.2, 0.25) is 0 Å². The van der Waals surface area contributed by atoms with E-state index in [1.807, 2.05) is 12.1 Å². The zero-order valence-electron chi connectivity index (χ0n) is 20.7. The second kappa shape index (κ2) is 9.79. The van der Waals surface area contributed by atoms with Crippen molar-refractivity contribution in [3.05, 3.63) is 71.2 Å². The molecule has 0 spiro atoms. The minimum absolute atomic E-state index is 0.0582. The molecule has 6 nitrogen and oxygen atoms in total. The van der Waals surface area contributed by atoms with Gasteiger partial charge in [0, 0.05) is 29.6 Å². The Balaban J connectivity index is 1.37. The number of nitrogens with one attached hydrogen (secondary N) is 2. The lowest BCUT2D eigenvalue weighted by molar-refractivity contribution is -0.133. The monoisotopic (exact) mass is 486 g/mol. The molecule has 186 valence electrons. The number of halogens is 1. The third-order valence-electron chi connectivity index (χ3n) is 7.68. The average Bonchev–Trinajstić information content (AvgIpc) is 3.31. The van der Waals surface area contributed by atoms with Crippen LogP contribution in [0.25, 0.3) is 10.9 Å². The summed E-state index contributed by atoms with van der Waals surface area (Å²) >= 11 is 0. The summed E-state index contributed by atoms with van der Waals surface area (Å²) in [5.41, 5.74) is 3.22. The van der Waals surface area contributed by atoms with E-state index >= 15 is 0 Å². The van der Waals surface area contributed by atoms with Crippen LogP contribution in [0.3, 0.4) is 0 Å². The number of hydrogen-bond donors (Lipinski definition) is 2. The van der Waals surface area contributed by atoms with Gasteiger partial charge in [-0.2, -0.15) is 0 Å². The quantitative estimate of drug-likeness (QED) is 0.401. The lowest BCUT2D eigenvalue weighted by atomic mass is 9.74. The largest absolute Gasteiger partial charge is 0.358 e. The normalized spacial score (nSPS) is 21.0. The van der Waals surface area contributed by atoms with E-state index in [2.05, 4.69) is 52.2 Å². The molecule has 2 aromatic carbocycles. The predicted octanol–water partition coefficient (Wildman–Crippen LogP) is 4.38. The first-order valence-corrected chi connectivity index (χ1v) is 12.5. The Kier molecular flexibility index (Phi) is 6.55. The highest BCUT2D eigenvalue weighted by Crippen LogP contribution is 2.37. The zero-order chi connectivity index (χ0) is 25.3. The average molecular weight is 487 g/mol. The summed E-state index contributed by atoms with van der Waals surface area (Å²) < 4.78 is 14.0. The van der Waals surface area contributed by atoms with Crippen LogP contribution in [0.15, 0.2) is 48.5 Å². The molecule has 3 amide bonds. The molecule has 0 saturated carbocycles. The Morgan fingerprint density at radius 1 is 1.11 bits per heavy atom. The van der Waals surface area contributed by atoms with Crippen LogP contribution >= 0.6 is 0 Å². The molecule has 7 heteroatoms. The summed E-state index contributed by atoms with van der Waals surface area (Å²) in [7, 11) is 0. The van der Waals surface area contributed by atoms with Gasteiger partial charge in [-0.15, -0.1) is 5.92 Å². The Morgan fingerprint density at radius 2 is 1.89 bits per heavy atom. The number of fused-ring (bicyclic) bond motifs is 1. The van der Waals surface area contributed by atoms with Crippen molar-refractivity contribution in [3.63, 3.8) is 0 Å². The topological polar surface area (TPSA) is 68.4 Å². The molecule has 2 N–H and O–H groups in total. The fourth-order valence-corrected chi connectivity index (χ4v) is 5.80. The van der Waals surface area contributed by atoms with E-state index in [-0.39, 0.29) is 30.6 Å². The molecule has 3 heterocycles. The highest BCUT2D eigenvalue weighted by Gasteiger charge is 2.55. The number of aryl methyl sites for hydroxylation is 1. The van der Waals surface area contributed by atoms with E-state index in [0.717, 1.165) is 38.0 Å². The number of amides is 3. The summed E-state index contributed by atoms with van der Waals surface area (Å²) in [6.07, 6.45) is 1.78. The van der Waals surface area contributed by atoms with Crippen molar-refractivity contribution in [3.8, 4) is 11.8 Å². The van der Waals surface area contributed by atoms with E-state index in [1.165, 1.54) is 33.7 Å². The van der Waals surface area contributed by atoms with Crippen LogP contribution < -0.4 is 5.32 Å². The maximum atomic E-state index is 14.0. The number of para-hydroxylation sites is 1. The van der Waals surface area contributed by atoms with Crippen molar-refractivity contribution in [2.45, 2.75) is 45.2 Å². The van der Waals surface area contributed by atoms with Gasteiger partial charge in [0.05, 0.1) is 6.54 Å². The van der Waals surface area contributed by atoms with E-state index in [9.17, 15) is 14.0 Å². The third-order valence-corrected chi connectivity index (χ3v) is 7.68. The molecule has 0 aliphatic carbocycles. The van der Waals surface area contributed by atoms with Gasteiger partial charge in [-0.05, 0) is 75.0 Å². The summed E-state index contributed by atoms with van der Waals surface area (Å²) in [4.78, 5) is 33.7. The summed E-state index contributed by atoms with van der Waals surface area (Å²) in [5, 5.41) is 4.27. The Morgan fingerprint density at radius 3 is 2.64 bits per heavy atom. The first-order valence-electron chi connectivity index (χ1n) is 12.5. The number of H-pyrrole nitrogens is 1. The Bertz CT molecular complexity index is 1360. The van der Waals surface area contributed by atoms with Crippen LogP contribution in [0.2, 0.25) is 0 Å². The van der Waals surface area contributed by atoms with Crippen molar-refractivity contribution in [2.24, 2.45) is 5.92 Å². The summed E-state index contributed by atoms with van der Waals surface area (Å²) in [6, 6.07) is 14.2. The molecule has 5 rings (SSSR count). The number of rotatable bonds is 6. The van der Waals surface area contributed by atoms with Crippen LogP contribution in [0, 0.1) is 30.5 Å². The summed E-state index contributed by atoms with van der Waals surface area (Å²) in [6.45, 7) is 6.31. The molecule has 1 aromatic heterocycles. The van der Waals surface area contributed by atoms with Crippen molar-refractivity contribution < 1.29 is 14.0 Å². The molecule has 36 heavy (non-hydrogen) atoms. The number of likely N-dealkylation sites (tertiary alicyclic amines) is 1. The maximum Gasteiger partial charge on any atom is 0.325 e. The number of aromatic amines is 1. The number of imide groups is 1. The van der Waals surface area contributed by atoms with Gasteiger partial charge >= 0.3 is 6.03 Å².